The molecule has 1 heterocycles. The van der Waals surface area contributed by atoms with Gasteiger partial charge in [0.15, 0.2) is 0 Å². The van der Waals surface area contributed by atoms with E-state index < -0.39 is 0 Å². The second kappa shape index (κ2) is 4.97. The molecule has 3 rings (SSSR count). The van der Waals surface area contributed by atoms with Gasteiger partial charge in [0.1, 0.15) is 0 Å². The largest absolute Gasteiger partial charge is 0.135 e. The number of benzene rings is 2. The standard InChI is InChI=1S/C16H14Cl2S/c1-3-9-5-11-12-6-10(4-2)14(18)8-16(12)19-15(11)7-13(9)17/h5-8H,3-4H2,1-2H3. The van der Waals surface area contributed by atoms with Gasteiger partial charge >= 0.3 is 0 Å². The van der Waals surface area contributed by atoms with Crippen molar-refractivity contribution in [3.8, 4) is 0 Å². The first-order valence-electron chi connectivity index (χ1n) is 6.47. The number of fused-ring (bicyclic) bond motifs is 3. The van der Waals surface area contributed by atoms with Crippen molar-refractivity contribution in [1.82, 2.24) is 0 Å². The van der Waals surface area contributed by atoms with Crippen molar-refractivity contribution in [2.45, 2.75) is 26.7 Å². The van der Waals surface area contributed by atoms with Gasteiger partial charge in [-0.25, -0.2) is 0 Å². The summed E-state index contributed by atoms with van der Waals surface area (Å²) >= 11 is 14.4. The van der Waals surface area contributed by atoms with E-state index in [1.807, 2.05) is 0 Å². The first kappa shape index (κ1) is 13.2. The van der Waals surface area contributed by atoms with Crippen molar-refractivity contribution in [1.29, 1.82) is 0 Å². The van der Waals surface area contributed by atoms with Crippen LogP contribution in [0.4, 0.5) is 0 Å². The van der Waals surface area contributed by atoms with Crippen LogP contribution in [0.3, 0.4) is 0 Å². The molecule has 2 aromatic carbocycles. The molecule has 0 spiro atoms. The molecule has 1 aromatic heterocycles. The van der Waals surface area contributed by atoms with Gasteiger partial charge in [-0.05, 0) is 48.2 Å². The number of aryl methyl sites for hydroxylation is 2. The molecule has 19 heavy (non-hydrogen) atoms. The lowest BCUT2D eigenvalue weighted by Crippen LogP contribution is -1.83. The van der Waals surface area contributed by atoms with Crippen molar-refractivity contribution in [3.63, 3.8) is 0 Å². The van der Waals surface area contributed by atoms with Gasteiger partial charge in [-0.1, -0.05) is 37.0 Å². The Morgan fingerprint density at radius 2 is 1.21 bits per heavy atom. The molecule has 0 atom stereocenters. The van der Waals surface area contributed by atoms with Crippen LogP contribution >= 0.6 is 34.5 Å². The molecule has 0 nitrogen and oxygen atoms in total. The number of rotatable bonds is 2. The normalized spacial score (nSPS) is 11.6. The molecule has 0 unspecified atom stereocenters. The van der Waals surface area contributed by atoms with Crippen molar-refractivity contribution in [3.05, 3.63) is 45.4 Å². The topological polar surface area (TPSA) is 0 Å². The van der Waals surface area contributed by atoms with Crippen LogP contribution in [-0.4, -0.2) is 0 Å². The van der Waals surface area contributed by atoms with Crippen LogP contribution in [0, 0.1) is 0 Å². The van der Waals surface area contributed by atoms with E-state index in [2.05, 4.69) is 38.1 Å². The van der Waals surface area contributed by atoms with Gasteiger partial charge in [-0.2, -0.15) is 0 Å². The van der Waals surface area contributed by atoms with Gasteiger partial charge in [-0.15, -0.1) is 11.3 Å². The molecule has 0 fully saturated rings. The van der Waals surface area contributed by atoms with Gasteiger partial charge in [0.05, 0.1) is 0 Å². The molecule has 0 saturated heterocycles. The number of thiophene rings is 1. The van der Waals surface area contributed by atoms with Gasteiger partial charge in [0.2, 0.25) is 0 Å². The Morgan fingerprint density at radius 1 is 0.789 bits per heavy atom. The summed E-state index contributed by atoms with van der Waals surface area (Å²) in [5.41, 5.74) is 2.42. The third-order valence-corrected chi connectivity index (χ3v) is 5.39. The molecular weight excluding hydrogens is 295 g/mol. The molecular formula is C16H14Cl2S. The molecule has 98 valence electrons. The fourth-order valence-corrected chi connectivity index (χ4v) is 4.32. The molecule has 3 heteroatoms. The minimum atomic E-state index is 0.864. The third-order valence-electron chi connectivity index (χ3n) is 3.57. The molecule has 0 aliphatic rings. The quantitative estimate of drug-likeness (QED) is 0.508. The first-order valence-corrected chi connectivity index (χ1v) is 8.04. The van der Waals surface area contributed by atoms with Crippen LogP contribution in [0.1, 0.15) is 25.0 Å². The van der Waals surface area contributed by atoms with Crippen LogP contribution in [-0.2, 0) is 12.8 Å². The minimum Gasteiger partial charge on any atom is -0.135 e. The predicted octanol–water partition coefficient (Wildman–Crippen LogP) is 6.49. The maximum Gasteiger partial charge on any atom is 0.0452 e. The Balaban J connectivity index is 2.41. The van der Waals surface area contributed by atoms with Gasteiger partial charge in [0.25, 0.3) is 0 Å². The van der Waals surface area contributed by atoms with E-state index in [-0.39, 0.29) is 0 Å². The van der Waals surface area contributed by atoms with Crippen molar-refractivity contribution in [2.24, 2.45) is 0 Å². The Kier molecular flexibility index (Phi) is 3.46. The maximum absolute atomic E-state index is 6.30. The molecule has 0 aliphatic heterocycles. The van der Waals surface area contributed by atoms with Crippen LogP contribution < -0.4 is 0 Å². The molecule has 0 bridgehead atoms. The molecule has 0 radical (unpaired) electrons. The molecule has 0 amide bonds. The number of hydrogen-bond acceptors (Lipinski definition) is 1. The van der Waals surface area contributed by atoms with Crippen molar-refractivity contribution < 1.29 is 0 Å². The van der Waals surface area contributed by atoms with E-state index in [1.165, 1.54) is 31.3 Å². The summed E-state index contributed by atoms with van der Waals surface area (Å²) in [6.07, 6.45) is 1.92. The summed E-state index contributed by atoms with van der Waals surface area (Å²) in [4.78, 5) is 0. The highest BCUT2D eigenvalue weighted by Crippen LogP contribution is 2.39. The smallest absolute Gasteiger partial charge is 0.0452 e. The number of halogens is 2. The highest BCUT2D eigenvalue weighted by atomic mass is 35.5. The van der Waals surface area contributed by atoms with Gasteiger partial charge in [0, 0.05) is 30.2 Å². The summed E-state index contributed by atoms with van der Waals surface area (Å²) in [6.45, 7) is 4.27. The van der Waals surface area contributed by atoms with E-state index in [4.69, 9.17) is 23.2 Å². The summed E-state index contributed by atoms with van der Waals surface area (Å²) in [6, 6.07) is 8.62. The molecule has 3 aromatic rings. The van der Waals surface area contributed by atoms with Crippen molar-refractivity contribution in [2.75, 3.05) is 0 Å². The van der Waals surface area contributed by atoms with E-state index in [9.17, 15) is 0 Å². The first-order chi connectivity index (χ1) is 9.13. The zero-order valence-electron chi connectivity index (χ0n) is 10.9. The third kappa shape index (κ3) is 2.14. The van der Waals surface area contributed by atoms with E-state index >= 15 is 0 Å². The van der Waals surface area contributed by atoms with Crippen LogP contribution in [0.25, 0.3) is 20.2 Å². The van der Waals surface area contributed by atoms with Crippen molar-refractivity contribution >= 4 is 54.7 Å². The molecule has 0 saturated carbocycles. The van der Waals surface area contributed by atoms with Gasteiger partial charge in [-0.3, -0.25) is 0 Å². The Labute approximate surface area is 127 Å². The second-order valence-corrected chi connectivity index (χ2v) is 6.59. The maximum atomic E-state index is 6.30. The van der Waals surface area contributed by atoms with Crippen LogP contribution in [0.2, 0.25) is 10.0 Å². The second-order valence-electron chi connectivity index (χ2n) is 4.69. The SMILES string of the molecule is CCc1cc2c(cc1Cl)sc1cc(Cl)c(CC)cc12. The highest BCUT2D eigenvalue weighted by Gasteiger charge is 2.11. The number of hydrogen-bond donors (Lipinski definition) is 0. The lowest BCUT2D eigenvalue weighted by atomic mass is 10.0. The fraction of sp³-hybridized carbons (Fsp3) is 0.250. The predicted molar refractivity (Wildman–Crippen MR) is 88.1 cm³/mol. The molecule has 0 N–H and O–H groups in total. The van der Waals surface area contributed by atoms with Gasteiger partial charge < -0.3 is 0 Å². The lowest BCUT2D eigenvalue weighted by Gasteiger charge is -2.03. The van der Waals surface area contributed by atoms with E-state index in [0.717, 1.165) is 22.9 Å². The lowest BCUT2D eigenvalue weighted by molar-refractivity contribution is 1.14. The van der Waals surface area contributed by atoms with Crippen LogP contribution in [0.15, 0.2) is 24.3 Å². The Bertz CT molecular complexity index is 707. The Morgan fingerprint density at radius 3 is 1.58 bits per heavy atom. The monoisotopic (exact) mass is 308 g/mol. The highest BCUT2D eigenvalue weighted by molar-refractivity contribution is 7.25. The fourth-order valence-electron chi connectivity index (χ4n) is 2.45. The average Bonchev–Trinajstić information content (AvgIpc) is 2.72. The summed E-state index contributed by atoms with van der Waals surface area (Å²) < 4.78 is 2.48. The Hall–Kier alpha value is -0.760. The average molecular weight is 309 g/mol. The zero-order chi connectivity index (χ0) is 13.6. The summed E-state index contributed by atoms with van der Waals surface area (Å²) in [5, 5.41) is 4.33. The van der Waals surface area contributed by atoms with E-state index in [0.29, 0.717) is 0 Å². The zero-order valence-corrected chi connectivity index (χ0v) is 13.2. The summed E-state index contributed by atoms with van der Waals surface area (Å²) in [7, 11) is 0. The van der Waals surface area contributed by atoms with Crippen LogP contribution in [0.5, 0.6) is 0 Å². The van der Waals surface area contributed by atoms with E-state index in [1.54, 1.807) is 11.3 Å². The minimum absolute atomic E-state index is 0.864. The summed E-state index contributed by atoms with van der Waals surface area (Å²) in [5.74, 6) is 0. The molecule has 0 aliphatic carbocycles.